The largest absolute Gasteiger partial charge is 0.466 e. The number of carbonyl (C=O) groups excluding carboxylic acids is 1. The first-order valence-corrected chi connectivity index (χ1v) is 6.68. The van der Waals surface area contributed by atoms with Crippen LogP contribution in [0.5, 0.6) is 0 Å². The molecule has 1 aromatic rings. The summed E-state index contributed by atoms with van der Waals surface area (Å²) in [6, 6.07) is 5.96. The molecule has 0 saturated carbocycles. The number of benzene rings is 1. The average Bonchev–Trinajstić information content (AvgIpc) is 2.27. The standard InChI is InChI=1S/C13H19NO2S/c1-4-16-13(15)10(3)8-17-12-6-5-9(2)7-11(12)14/h5-7,10H,4,8,14H2,1-3H3. The van der Waals surface area contributed by atoms with Gasteiger partial charge in [-0.3, -0.25) is 4.79 Å². The van der Waals surface area contributed by atoms with E-state index >= 15 is 0 Å². The number of nitrogen functional groups attached to an aromatic ring is 1. The van der Waals surface area contributed by atoms with Crippen LogP contribution in [0.15, 0.2) is 23.1 Å². The van der Waals surface area contributed by atoms with Gasteiger partial charge in [-0.1, -0.05) is 13.0 Å². The maximum atomic E-state index is 11.4. The fraction of sp³-hybridized carbons (Fsp3) is 0.462. The number of rotatable bonds is 5. The van der Waals surface area contributed by atoms with E-state index in [4.69, 9.17) is 10.5 Å². The molecule has 17 heavy (non-hydrogen) atoms. The molecule has 1 aromatic carbocycles. The van der Waals surface area contributed by atoms with E-state index in [1.54, 1.807) is 11.8 Å². The summed E-state index contributed by atoms with van der Waals surface area (Å²) in [5.74, 6) is 0.429. The van der Waals surface area contributed by atoms with E-state index < -0.39 is 0 Å². The molecule has 2 N–H and O–H groups in total. The summed E-state index contributed by atoms with van der Waals surface area (Å²) in [4.78, 5) is 12.5. The van der Waals surface area contributed by atoms with Crippen LogP contribution in [-0.2, 0) is 9.53 Å². The number of ether oxygens (including phenoxy) is 1. The maximum Gasteiger partial charge on any atom is 0.309 e. The van der Waals surface area contributed by atoms with Crippen LogP contribution in [0.25, 0.3) is 0 Å². The van der Waals surface area contributed by atoms with Crippen LogP contribution in [0.4, 0.5) is 5.69 Å². The zero-order chi connectivity index (χ0) is 12.8. The van der Waals surface area contributed by atoms with Gasteiger partial charge in [-0.05, 0) is 31.5 Å². The van der Waals surface area contributed by atoms with Crippen LogP contribution in [0.3, 0.4) is 0 Å². The predicted molar refractivity (Wildman–Crippen MR) is 72.1 cm³/mol. The maximum absolute atomic E-state index is 11.4. The van der Waals surface area contributed by atoms with Crippen LogP contribution in [0.2, 0.25) is 0 Å². The fourth-order valence-electron chi connectivity index (χ4n) is 1.37. The molecule has 0 aromatic heterocycles. The van der Waals surface area contributed by atoms with Crippen LogP contribution in [0, 0.1) is 12.8 Å². The van der Waals surface area contributed by atoms with Gasteiger partial charge in [-0.25, -0.2) is 0 Å². The van der Waals surface area contributed by atoms with Gasteiger partial charge < -0.3 is 10.5 Å². The number of anilines is 1. The second-order valence-corrected chi connectivity index (χ2v) is 5.07. The Morgan fingerprint density at radius 2 is 2.24 bits per heavy atom. The zero-order valence-corrected chi connectivity index (χ0v) is 11.3. The first-order chi connectivity index (χ1) is 8.04. The molecular formula is C13H19NO2S. The van der Waals surface area contributed by atoms with Crippen LogP contribution >= 0.6 is 11.8 Å². The molecular weight excluding hydrogens is 234 g/mol. The highest BCUT2D eigenvalue weighted by atomic mass is 32.2. The third-order valence-electron chi connectivity index (χ3n) is 2.34. The van der Waals surface area contributed by atoms with E-state index in [9.17, 15) is 4.79 Å². The summed E-state index contributed by atoms with van der Waals surface area (Å²) in [6.45, 7) is 6.12. The highest BCUT2D eigenvalue weighted by Crippen LogP contribution is 2.27. The molecule has 0 spiro atoms. The minimum Gasteiger partial charge on any atom is -0.466 e. The molecule has 3 nitrogen and oxygen atoms in total. The lowest BCUT2D eigenvalue weighted by molar-refractivity contribution is -0.146. The molecule has 0 amide bonds. The van der Waals surface area contributed by atoms with Gasteiger partial charge in [0.15, 0.2) is 0 Å². The fourth-order valence-corrected chi connectivity index (χ4v) is 2.32. The Morgan fingerprint density at radius 1 is 1.53 bits per heavy atom. The molecule has 0 fully saturated rings. The Labute approximate surface area is 107 Å². The van der Waals surface area contributed by atoms with Crippen molar-refractivity contribution in [3.63, 3.8) is 0 Å². The summed E-state index contributed by atoms with van der Waals surface area (Å²) in [5.41, 5.74) is 7.82. The molecule has 0 radical (unpaired) electrons. The van der Waals surface area contributed by atoms with Gasteiger partial charge in [-0.2, -0.15) is 0 Å². The number of carbonyl (C=O) groups is 1. The molecule has 0 aliphatic heterocycles. The summed E-state index contributed by atoms with van der Waals surface area (Å²) in [6.07, 6.45) is 0. The predicted octanol–water partition coefficient (Wildman–Crippen LogP) is 2.87. The minimum absolute atomic E-state index is 0.111. The molecule has 0 aliphatic rings. The molecule has 0 bridgehead atoms. The number of nitrogens with two attached hydrogens (primary N) is 1. The summed E-state index contributed by atoms with van der Waals surface area (Å²) in [7, 11) is 0. The Hall–Kier alpha value is -1.16. The van der Waals surface area contributed by atoms with Gasteiger partial charge >= 0.3 is 5.97 Å². The Kier molecular flexibility index (Phi) is 5.35. The molecule has 1 unspecified atom stereocenters. The lowest BCUT2D eigenvalue weighted by Gasteiger charge is -2.11. The number of aryl methyl sites for hydroxylation is 1. The highest BCUT2D eigenvalue weighted by Gasteiger charge is 2.14. The summed E-state index contributed by atoms with van der Waals surface area (Å²) < 4.78 is 4.96. The second kappa shape index (κ2) is 6.55. The SMILES string of the molecule is CCOC(=O)C(C)CSc1ccc(C)cc1N. The zero-order valence-electron chi connectivity index (χ0n) is 10.5. The van der Waals surface area contributed by atoms with Crippen LogP contribution in [0.1, 0.15) is 19.4 Å². The van der Waals surface area contributed by atoms with Crippen molar-refractivity contribution in [3.8, 4) is 0 Å². The minimum atomic E-state index is -0.148. The quantitative estimate of drug-likeness (QED) is 0.498. The number of esters is 1. The topological polar surface area (TPSA) is 52.3 Å². The van der Waals surface area contributed by atoms with E-state index in [1.165, 1.54) is 0 Å². The van der Waals surface area contributed by atoms with Gasteiger partial charge in [0, 0.05) is 16.3 Å². The van der Waals surface area contributed by atoms with Crippen molar-refractivity contribution >= 4 is 23.4 Å². The van der Waals surface area contributed by atoms with E-state index in [1.807, 2.05) is 39.0 Å². The third kappa shape index (κ3) is 4.30. The van der Waals surface area contributed by atoms with E-state index in [2.05, 4.69) is 0 Å². The normalized spacial score (nSPS) is 12.2. The van der Waals surface area contributed by atoms with Crippen molar-refractivity contribution in [1.82, 2.24) is 0 Å². The van der Waals surface area contributed by atoms with Gasteiger partial charge in [0.2, 0.25) is 0 Å². The van der Waals surface area contributed by atoms with Crippen LogP contribution in [-0.4, -0.2) is 18.3 Å². The molecule has 1 rings (SSSR count). The lowest BCUT2D eigenvalue weighted by atomic mass is 10.2. The molecule has 94 valence electrons. The summed E-state index contributed by atoms with van der Waals surface area (Å²) >= 11 is 1.59. The molecule has 1 atom stereocenters. The van der Waals surface area contributed by atoms with Crippen LogP contribution < -0.4 is 5.73 Å². The number of thioether (sulfide) groups is 1. The third-order valence-corrected chi connectivity index (χ3v) is 3.69. The first kappa shape index (κ1) is 13.9. The average molecular weight is 253 g/mol. The van der Waals surface area contributed by atoms with Crippen molar-refractivity contribution in [2.45, 2.75) is 25.7 Å². The van der Waals surface area contributed by atoms with Crippen molar-refractivity contribution in [2.24, 2.45) is 5.92 Å². The van der Waals surface area contributed by atoms with Gasteiger partial charge in [0.1, 0.15) is 0 Å². The summed E-state index contributed by atoms with van der Waals surface area (Å²) in [5, 5.41) is 0. The smallest absolute Gasteiger partial charge is 0.309 e. The molecule has 0 heterocycles. The Bertz CT molecular complexity index is 393. The monoisotopic (exact) mass is 253 g/mol. The number of hydrogen-bond acceptors (Lipinski definition) is 4. The highest BCUT2D eigenvalue weighted by molar-refractivity contribution is 7.99. The van der Waals surface area contributed by atoms with Gasteiger partial charge in [0.05, 0.1) is 12.5 Å². The Morgan fingerprint density at radius 3 is 2.82 bits per heavy atom. The molecule has 0 saturated heterocycles. The van der Waals surface area contributed by atoms with Crippen molar-refractivity contribution in [3.05, 3.63) is 23.8 Å². The number of hydrogen-bond donors (Lipinski definition) is 1. The second-order valence-electron chi connectivity index (χ2n) is 4.01. The van der Waals surface area contributed by atoms with E-state index in [-0.39, 0.29) is 11.9 Å². The van der Waals surface area contributed by atoms with Crippen molar-refractivity contribution < 1.29 is 9.53 Å². The van der Waals surface area contributed by atoms with Gasteiger partial charge in [-0.15, -0.1) is 11.8 Å². The lowest BCUT2D eigenvalue weighted by Crippen LogP contribution is -2.16. The van der Waals surface area contributed by atoms with Crippen molar-refractivity contribution in [2.75, 3.05) is 18.1 Å². The van der Waals surface area contributed by atoms with Crippen molar-refractivity contribution in [1.29, 1.82) is 0 Å². The Balaban J connectivity index is 2.52. The van der Waals surface area contributed by atoms with E-state index in [0.29, 0.717) is 12.4 Å². The molecule has 4 heteroatoms. The molecule has 0 aliphatic carbocycles. The van der Waals surface area contributed by atoms with E-state index in [0.717, 1.165) is 16.1 Å². The van der Waals surface area contributed by atoms with Gasteiger partial charge in [0.25, 0.3) is 0 Å². The first-order valence-electron chi connectivity index (χ1n) is 5.70.